The van der Waals surface area contributed by atoms with Gasteiger partial charge < -0.3 is 0 Å². The van der Waals surface area contributed by atoms with Crippen molar-refractivity contribution >= 4 is 9.84 Å². The minimum Gasteiger partial charge on any atom is -0.228 e. The number of allylic oxidation sites excluding steroid dienone is 2. The lowest BCUT2D eigenvalue weighted by molar-refractivity contribution is 0.568. The van der Waals surface area contributed by atoms with Gasteiger partial charge in [0.25, 0.3) is 0 Å². The highest BCUT2D eigenvalue weighted by molar-refractivity contribution is 7.93. The van der Waals surface area contributed by atoms with E-state index in [-0.39, 0.29) is 5.75 Å². The van der Waals surface area contributed by atoms with Crippen LogP contribution in [0.3, 0.4) is 0 Å². The summed E-state index contributed by atoms with van der Waals surface area (Å²) in [5.41, 5.74) is 1.14. The summed E-state index contributed by atoms with van der Waals surface area (Å²) < 4.78 is 22.4. The van der Waals surface area contributed by atoms with Crippen LogP contribution in [0.1, 0.15) is 27.2 Å². The van der Waals surface area contributed by atoms with Gasteiger partial charge in [-0.25, -0.2) is 8.42 Å². The molecule has 0 N–H and O–H groups in total. The average molecular weight is 199 g/mol. The second-order valence-electron chi connectivity index (χ2n) is 3.85. The summed E-state index contributed by atoms with van der Waals surface area (Å²) in [6.07, 6.45) is 7.02. The van der Waals surface area contributed by atoms with Gasteiger partial charge >= 0.3 is 0 Å². The Morgan fingerprint density at radius 1 is 1.62 bits per heavy atom. The van der Waals surface area contributed by atoms with E-state index in [0.717, 1.165) is 5.57 Å². The van der Waals surface area contributed by atoms with E-state index in [1.165, 1.54) is 0 Å². The third kappa shape index (κ3) is 2.02. The van der Waals surface area contributed by atoms with Gasteiger partial charge in [0.15, 0.2) is 9.84 Å². The van der Waals surface area contributed by atoms with Gasteiger partial charge in [-0.05, 0) is 33.3 Å². The maximum Gasteiger partial charge on any atom is 0.163 e. The molecule has 0 spiro atoms. The molecule has 0 bridgehead atoms. The molecule has 0 aliphatic carbocycles. The predicted octanol–water partition coefficient (Wildman–Crippen LogP) is 1.89. The van der Waals surface area contributed by atoms with Gasteiger partial charge in [0.1, 0.15) is 0 Å². The average Bonchev–Trinajstić information content (AvgIpc) is 2.24. The molecule has 2 nitrogen and oxygen atoms in total. The fraction of sp³-hybridized carbons (Fsp3) is 0.600. The quantitative estimate of drug-likeness (QED) is 0.636. The van der Waals surface area contributed by atoms with Crippen molar-refractivity contribution in [1.82, 2.24) is 0 Å². The molecule has 13 heavy (non-hydrogen) atoms. The van der Waals surface area contributed by atoms with E-state index < -0.39 is 14.6 Å². The Morgan fingerprint density at radius 2 is 2.23 bits per heavy atom. The fourth-order valence-corrected chi connectivity index (χ4v) is 2.50. The summed E-state index contributed by atoms with van der Waals surface area (Å²) in [5.74, 6) is 0.139. The highest BCUT2D eigenvalue weighted by Crippen LogP contribution is 2.29. The minimum absolute atomic E-state index is 0.139. The Labute approximate surface area is 80.3 Å². The zero-order valence-corrected chi connectivity index (χ0v) is 9.11. The molecule has 1 radical (unpaired) electrons. The molecule has 0 amide bonds. The molecule has 1 heterocycles. The van der Waals surface area contributed by atoms with E-state index in [9.17, 15) is 8.42 Å². The predicted molar refractivity (Wildman–Crippen MR) is 54.1 cm³/mol. The highest BCUT2D eigenvalue weighted by atomic mass is 32.2. The molecule has 0 saturated heterocycles. The van der Waals surface area contributed by atoms with E-state index >= 15 is 0 Å². The zero-order valence-electron chi connectivity index (χ0n) is 8.29. The molecule has 0 aromatic heterocycles. The van der Waals surface area contributed by atoms with Crippen molar-refractivity contribution in [3.05, 3.63) is 23.8 Å². The van der Waals surface area contributed by atoms with Crippen LogP contribution >= 0.6 is 0 Å². The minimum atomic E-state index is -2.99. The molecule has 0 aromatic rings. The molecule has 1 aliphatic rings. The Hall–Kier alpha value is -0.570. The molecule has 0 aromatic carbocycles. The summed E-state index contributed by atoms with van der Waals surface area (Å²) in [5, 5.41) is 0. The zero-order chi connectivity index (χ0) is 10.1. The standard InChI is InChI=1S/C10H15O2S/c1-9(2)5-7-10(3)6-4-8-13(10,11)12/h4-5H,7-8H2,1-3H3. The topological polar surface area (TPSA) is 34.1 Å². The van der Waals surface area contributed by atoms with Gasteiger partial charge in [-0.15, -0.1) is 0 Å². The molecule has 1 unspecified atom stereocenters. The fourth-order valence-electron chi connectivity index (χ4n) is 1.23. The second-order valence-corrected chi connectivity index (χ2v) is 6.31. The molecule has 3 heteroatoms. The first-order valence-electron chi connectivity index (χ1n) is 4.32. The summed E-state index contributed by atoms with van der Waals surface area (Å²) in [6, 6.07) is 0. The molecule has 1 rings (SSSR count). The van der Waals surface area contributed by atoms with E-state index in [2.05, 4.69) is 6.08 Å². The van der Waals surface area contributed by atoms with E-state index in [1.807, 2.05) is 19.9 Å². The summed E-state index contributed by atoms with van der Waals surface area (Å²) in [4.78, 5) is 0. The van der Waals surface area contributed by atoms with Crippen LogP contribution in [-0.4, -0.2) is 18.9 Å². The first-order valence-corrected chi connectivity index (χ1v) is 5.98. The Bertz CT molecular complexity index is 345. The van der Waals surface area contributed by atoms with Crippen LogP contribution in [0.25, 0.3) is 0 Å². The van der Waals surface area contributed by atoms with Crippen molar-refractivity contribution in [2.24, 2.45) is 0 Å². The van der Waals surface area contributed by atoms with Crippen LogP contribution in [0.4, 0.5) is 0 Å². The Balaban J connectivity index is 2.89. The van der Waals surface area contributed by atoms with Gasteiger partial charge in [0.05, 0.1) is 10.5 Å². The summed E-state index contributed by atoms with van der Waals surface area (Å²) >= 11 is 0. The molecule has 0 saturated carbocycles. The first kappa shape index (κ1) is 10.5. The van der Waals surface area contributed by atoms with Gasteiger partial charge in [0.2, 0.25) is 0 Å². The van der Waals surface area contributed by atoms with Crippen LogP contribution in [-0.2, 0) is 9.84 Å². The second kappa shape index (κ2) is 3.29. The molecule has 73 valence electrons. The maximum atomic E-state index is 11.6. The Kier molecular flexibility index (Phi) is 2.66. The third-order valence-electron chi connectivity index (χ3n) is 2.30. The van der Waals surface area contributed by atoms with Crippen molar-refractivity contribution < 1.29 is 8.42 Å². The highest BCUT2D eigenvalue weighted by Gasteiger charge is 2.38. The molecular weight excluding hydrogens is 184 g/mol. The molecule has 1 aliphatic heterocycles. The lowest BCUT2D eigenvalue weighted by Gasteiger charge is -2.18. The van der Waals surface area contributed by atoms with Crippen LogP contribution in [0.5, 0.6) is 0 Å². The monoisotopic (exact) mass is 199 g/mol. The lowest BCUT2D eigenvalue weighted by Crippen LogP contribution is -2.30. The van der Waals surface area contributed by atoms with Crippen molar-refractivity contribution in [1.29, 1.82) is 0 Å². The van der Waals surface area contributed by atoms with Gasteiger partial charge in [-0.2, -0.15) is 0 Å². The molecule has 0 fully saturated rings. The molecular formula is C10H15O2S. The maximum absolute atomic E-state index is 11.6. The van der Waals surface area contributed by atoms with E-state index in [0.29, 0.717) is 6.42 Å². The SMILES string of the molecule is CC(C)=CCC1(C)[C]=CCS1(=O)=O. The van der Waals surface area contributed by atoms with Gasteiger partial charge in [0, 0.05) is 0 Å². The number of hydrogen-bond donors (Lipinski definition) is 0. The van der Waals surface area contributed by atoms with Gasteiger partial charge in [-0.1, -0.05) is 17.7 Å². The van der Waals surface area contributed by atoms with Crippen LogP contribution in [0, 0.1) is 6.08 Å². The number of sulfone groups is 1. The number of hydrogen-bond acceptors (Lipinski definition) is 2. The van der Waals surface area contributed by atoms with Crippen molar-refractivity contribution in [3.63, 3.8) is 0 Å². The number of rotatable bonds is 2. The third-order valence-corrected chi connectivity index (χ3v) is 4.56. The van der Waals surface area contributed by atoms with Crippen molar-refractivity contribution in [2.45, 2.75) is 31.9 Å². The van der Waals surface area contributed by atoms with Crippen LogP contribution in [0.15, 0.2) is 17.7 Å². The summed E-state index contributed by atoms with van der Waals surface area (Å²) in [6.45, 7) is 5.66. The smallest absolute Gasteiger partial charge is 0.163 e. The van der Waals surface area contributed by atoms with E-state index in [4.69, 9.17) is 0 Å². The van der Waals surface area contributed by atoms with Crippen LogP contribution < -0.4 is 0 Å². The van der Waals surface area contributed by atoms with Crippen LogP contribution in [0.2, 0.25) is 0 Å². The summed E-state index contributed by atoms with van der Waals surface area (Å²) in [7, 11) is -2.99. The Morgan fingerprint density at radius 3 is 2.62 bits per heavy atom. The largest absolute Gasteiger partial charge is 0.228 e. The van der Waals surface area contributed by atoms with Gasteiger partial charge in [-0.3, -0.25) is 0 Å². The first-order chi connectivity index (χ1) is 5.87. The van der Waals surface area contributed by atoms with Crippen molar-refractivity contribution in [2.75, 3.05) is 5.75 Å². The normalized spacial score (nSPS) is 30.4. The molecule has 1 atom stereocenters. The van der Waals surface area contributed by atoms with Crippen molar-refractivity contribution in [3.8, 4) is 0 Å². The van der Waals surface area contributed by atoms with E-state index in [1.54, 1.807) is 13.0 Å². The lowest BCUT2D eigenvalue weighted by atomic mass is 10.1.